The Morgan fingerprint density at radius 3 is 1.17 bits per heavy atom. The Hall–Kier alpha value is -3.03. The van der Waals surface area contributed by atoms with E-state index in [1.807, 2.05) is 0 Å². The first kappa shape index (κ1) is 39.4. The summed E-state index contributed by atoms with van der Waals surface area (Å²) in [6.07, 6.45) is 4.56. The van der Waals surface area contributed by atoms with Crippen molar-refractivity contribution >= 4 is 21.5 Å². The Kier molecular flexibility index (Phi) is 12.5. The van der Waals surface area contributed by atoms with Crippen LogP contribution in [-0.4, -0.2) is 0 Å². The van der Waals surface area contributed by atoms with E-state index in [-0.39, 0.29) is 56.9 Å². The fraction of sp³-hybridized carbons (Fsp3) is 0.319. The zero-order valence-electron chi connectivity index (χ0n) is 31.2. The molecule has 0 aliphatic heterocycles. The van der Waals surface area contributed by atoms with Crippen molar-refractivity contribution in [2.24, 2.45) is 0 Å². The molecule has 0 saturated heterocycles. The summed E-state index contributed by atoms with van der Waals surface area (Å²) in [7, 11) is 0. The molecule has 0 saturated carbocycles. The van der Waals surface area contributed by atoms with E-state index in [4.69, 9.17) is 0 Å². The molecule has 48 heavy (non-hydrogen) atoms. The van der Waals surface area contributed by atoms with Gasteiger partial charge in [0.1, 0.15) is 0 Å². The van der Waals surface area contributed by atoms with Crippen LogP contribution in [0.5, 0.6) is 0 Å². The Labute approximate surface area is 311 Å². The fourth-order valence-corrected chi connectivity index (χ4v) is 7.55. The molecule has 0 N–H and O–H groups in total. The minimum atomic E-state index is -0.0255. The van der Waals surface area contributed by atoms with Gasteiger partial charge in [0.25, 0.3) is 0 Å². The van der Waals surface area contributed by atoms with Crippen LogP contribution in [-0.2, 0) is 42.1 Å². The Balaban J connectivity index is 0.00000208. The van der Waals surface area contributed by atoms with Crippen LogP contribution < -0.4 is 0 Å². The van der Waals surface area contributed by atoms with E-state index in [0.29, 0.717) is 0 Å². The number of benzene rings is 4. The summed E-state index contributed by atoms with van der Waals surface area (Å²) in [5, 5.41) is 5.41. The van der Waals surface area contributed by atoms with Gasteiger partial charge in [-0.25, -0.2) is 0 Å². The molecule has 0 aliphatic carbocycles. The zero-order chi connectivity index (χ0) is 32.0. The molecule has 0 heterocycles. The summed E-state index contributed by atoms with van der Waals surface area (Å²) < 4.78 is 0. The van der Waals surface area contributed by atoms with Gasteiger partial charge in [-0.1, -0.05) is 140 Å². The van der Waals surface area contributed by atoms with E-state index < -0.39 is 0 Å². The quantitative estimate of drug-likeness (QED) is 0.106. The van der Waals surface area contributed by atoms with Crippen molar-refractivity contribution in [3.63, 3.8) is 0 Å². The topological polar surface area (TPSA) is 0 Å². The van der Waals surface area contributed by atoms with Crippen LogP contribution in [0.1, 0.15) is 103 Å². The van der Waals surface area contributed by atoms with Gasteiger partial charge in [-0.3, -0.25) is 0 Å². The predicted molar refractivity (Wildman–Crippen MR) is 211 cm³/mol. The molecule has 0 radical (unpaired) electrons. The summed E-state index contributed by atoms with van der Waals surface area (Å²) in [6.45, 7) is 18.4. The van der Waals surface area contributed by atoms with Crippen molar-refractivity contribution in [1.82, 2.24) is 0 Å². The minimum Gasteiger partial charge on any atom is -0.358 e. The molecule has 1 heteroatoms. The van der Waals surface area contributed by atoms with E-state index in [1.54, 1.807) is 0 Å². The Morgan fingerprint density at radius 2 is 0.854 bits per heavy atom. The molecule has 0 aliphatic rings. The molecular formula is C47H56Hf. The van der Waals surface area contributed by atoms with Crippen LogP contribution in [0.25, 0.3) is 43.8 Å². The molecule has 248 valence electrons. The first-order chi connectivity index (χ1) is 21.4. The number of hydrogen-bond donors (Lipinski definition) is 0. The molecular weight excluding hydrogens is 743 g/mol. The molecule has 0 atom stereocenters. The second-order valence-corrected chi connectivity index (χ2v) is 15.3. The van der Waals surface area contributed by atoms with Crippen LogP contribution >= 0.6 is 0 Å². The molecule has 0 fully saturated rings. The van der Waals surface area contributed by atoms with Gasteiger partial charge in [-0.2, -0.15) is 12.1 Å². The number of rotatable bonds is 8. The van der Waals surface area contributed by atoms with Crippen molar-refractivity contribution in [1.29, 1.82) is 0 Å². The van der Waals surface area contributed by atoms with Gasteiger partial charge in [0.2, 0.25) is 0 Å². The van der Waals surface area contributed by atoms with Crippen molar-refractivity contribution < 1.29 is 25.8 Å². The third-order valence-corrected chi connectivity index (χ3v) is 10.1. The average Bonchev–Trinajstić information content (AvgIpc) is 3.65. The number of fused-ring (bicyclic) bond motifs is 2. The molecule has 0 unspecified atom stereocenters. The first-order valence-electron chi connectivity index (χ1n) is 17.1. The second-order valence-electron chi connectivity index (χ2n) is 15.3. The molecule has 6 rings (SSSR count). The van der Waals surface area contributed by atoms with Gasteiger partial charge in [0.15, 0.2) is 0 Å². The minimum absolute atomic E-state index is 0. The standard InChI is InChI=1S/C45H50.2CH3.Hf/c1-9-25-45(26-10-2,37-27-33-13-11-15-39(41(33)29-37)31-17-21-35(22-18-31)43(3,4)5)38-28-34-14-12-16-40(42(34)30-38)32-19-23-36(24-20-32)44(6,7)8;;;/h11-24,27-30H,9-10,25-26H2,1-8H3;2*1H3;/q-2;2*-1;+4. The molecule has 0 amide bonds. The van der Waals surface area contributed by atoms with Gasteiger partial charge in [-0.15, -0.1) is 69.1 Å². The van der Waals surface area contributed by atoms with Gasteiger partial charge in [0.05, 0.1) is 0 Å². The molecule has 6 aromatic rings. The molecule has 0 nitrogen and oxygen atoms in total. The third-order valence-electron chi connectivity index (χ3n) is 10.1. The molecule has 0 bridgehead atoms. The van der Waals surface area contributed by atoms with Gasteiger partial charge in [-0.05, 0) is 51.3 Å². The maximum absolute atomic E-state index is 2.53. The van der Waals surface area contributed by atoms with Crippen LogP contribution in [0.2, 0.25) is 0 Å². The van der Waals surface area contributed by atoms with Crippen LogP contribution in [0.3, 0.4) is 0 Å². The maximum Gasteiger partial charge on any atom is 4.00 e. The maximum atomic E-state index is 2.53. The van der Waals surface area contributed by atoms with Crippen molar-refractivity contribution in [3.05, 3.63) is 146 Å². The summed E-state index contributed by atoms with van der Waals surface area (Å²) in [4.78, 5) is 0. The summed E-state index contributed by atoms with van der Waals surface area (Å²) in [6, 6.07) is 42.2. The van der Waals surface area contributed by atoms with E-state index in [0.717, 1.165) is 25.7 Å². The van der Waals surface area contributed by atoms with E-state index in [1.165, 1.54) is 66.1 Å². The van der Waals surface area contributed by atoms with Crippen molar-refractivity contribution in [3.8, 4) is 22.3 Å². The van der Waals surface area contributed by atoms with Crippen molar-refractivity contribution in [2.45, 2.75) is 97.3 Å². The largest absolute Gasteiger partial charge is 4.00 e. The second kappa shape index (κ2) is 15.2. The molecule has 0 spiro atoms. The normalized spacial score (nSPS) is 12.0. The number of hydrogen-bond acceptors (Lipinski definition) is 0. The van der Waals surface area contributed by atoms with Gasteiger partial charge >= 0.3 is 25.8 Å². The smallest absolute Gasteiger partial charge is 0.358 e. The third kappa shape index (κ3) is 7.42. The van der Waals surface area contributed by atoms with Crippen LogP contribution in [0.15, 0.2) is 109 Å². The van der Waals surface area contributed by atoms with E-state index in [9.17, 15) is 0 Å². The Morgan fingerprint density at radius 1 is 0.500 bits per heavy atom. The van der Waals surface area contributed by atoms with Crippen LogP contribution in [0.4, 0.5) is 0 Å². The molecule has 0 aromatic heterocycles. The summed E-state index contributed by atoms with van der Waals surface area (Å²) >= 11 is 0. The molecule has 6 aromatic carbocycles. The van der Waals surface area contributed by atoms with Gasteiger partial charge < -0.3 is 14.9 Å². The average molecular weight is 799 g/mol. The van der Waals surface area contributed by atoms with E-state index in [2.05, 4.69) is 165 Å². The Bertz CT molecular complexity index is 1770. The van der Waals surface area contributed by atoms with E-state index >= 15 is 0 Å². The monoisotopic (exact) mass is 800 g/mol. The predicted octanol–water partition coefficient (Wildman–Crippen LogP) is 14.1. The SMILES string of the molecule is CCCC(CCC)(c1cc2c(-c3ccc(C(C)(C)C)cc3)cccc2[cH-]1)c1cc2c(-c3ccc(C(C)(C)C)cc3)cccc2[cH-]1.[CH3-].[CH3-].[Hf+4]. The van der Waals surface area contributed by atoms with Crippen LogP contribution in [0, 0.1) is 14.9 Å². The zero-order valence-corrected chi connectivity index (χ0v) is 34.8. The summed E-state index contributed by atoms with van der Waals surface area (Å²) in [5.41, 5.74) is 11.2. The summed E-state index contributed by atoms with van der Waals surface area (Å²) in [5.74, 6) is 0. The first-order valence-corrected chi connectivity index (χ1v) is 17.1. The van der Waals surface area contributed by atoms with Crippen molar-refractivity contribution in [2.75, 3.05) is 0 Å². The van der Waals surface area contributed by atoms with Gasteiger partial charge in [0, 0.05) is 0 Å². The fourth-order valence-electron chi connectivity index (χ4n) is 7.55.